The molecule has 1 heterocycles. The third kappa shape index (κ3) is 2.52. The zero-order valence-corrected chi connectivity index (χ0v) is 10.3. The first-order valence-electron chi connectivity index (χ1n) is 6.19. The fourth-order valence-corrected chi connectivity index (χ4v) is 2.40. The standard InChI is InChI=1S/C12H17F2N3O/c1-2-3-8-9(15)16-10(17-11(8)18)7-4-5-12(13,14)6-7/h7H,2-6H2,1H3,(H3,15,16,17,18). The van der Waals surface area contributed by atoms with Crippen molar-refractivity contribution in [3.63, 3.8) is 0 Å². The zero-order chi connectivity index (χ0) is 13.3. The Kier molecular flexibility index (Phi) is 3.36. The number of nitrogens with zero attached hydrogens (tertiary/aromatic N) is 1. The van der Waals surface area contributed by atoms with Crippen molar-refractivity contribution in [3.05, 3.63) is 21.7 Å². The predicted molar refractivity (Wildman–Crippen MR) is 64.8 cm³/mol. The van der Waals surface area contributed by atoms with Crippen LogP contribution >= 0.6 is 0 Å². The summed E-state index contributed by atoms with van der Waals surface area (Å²) >= 11 is 0. The molecule has 1 aromatic heterocycles. The lowest BCUT2D eigenvalue weighted by Crippen LogP contribution is -2.21. The van der Waals surface area contributed by atoms with Gasteiger partial charge in [-0.2, -0.15) is 0 Å². The van der Waals surface area contributed by atoms with Gasteiger partial charge in [-0.25, -0.2) is 13.8 Å². The molecule has 0 amide bonds. The molecule has 0 aromatic carbocycles. The Balaban J connectivity index is 2.29. The fraction of sp³-hybridized carbons (Fsp3) is 0.667. The molecule has 0 bridgehead atoms. The highest BCUT2D eigenvalue weighted by molar-refractivity contribution is 5.38. The number of nitrogens with two attached hydrogens (primary N) is 1. The summed E-state index contributed by atoms with van der Waals surface area (Å²) < 4.78 is 26.3. The maximum absolute atomic E-state index is 13.1. The van der Waals surface area contributed by atoms with Crippen LogP contribution in [0.15, 0.2) is 4.79 Å². The first kappa shape index (κ1) is 13.0. The lowest BCUT2D eigenvalue weighted by Gasteiger charge is -2.11. The Hall–Kier alpha value is -1.46. The average molecular weight is 257 g/mol. The van der Waals surface area contributed by atoms with Gasteiger partial charge in [0.15, 0.2) is 0 Å². The molecule has 1 fully saturated rings. The highest BCUT2D eigenvalue weighted by atomic mass is 19.3. The molecule has 0 saturated heterocycles. The molecule has 1 aliphatic rings. The number of rotatable bonds is 3. The van der Waals surface area contributed by atoms with Crippen molar-refractivity contribution in [2.24, 2.45) is 0 Å². The molecule has 1 aromatic rings. The number of hydrogen-bond donors (Lipinski definition) is 2. The van der Waals surface area contributed by atoms with E-state index in [0.717, 1.165) is 6.42 Å². The van der Waals surface area contributed by atoms with Gasteiger partial charge in [-0.15, -0.1) is 0 Å². The number of nitrogens with one attached hydrogen (secondary N) is 1. The van der Waals surface area contributed by atoms with E-state index in [9.17, 15) is 13.6 Å². The minimum absolute atomic E-state index is 0.155. The molecule has 1 atom stereocenters. The lowest BCUT2D eigenvalue weighted by molar-refractivity contribution is 0.00753. The molecule has 0 aliphatic heterocycles. The number of aromatic nitrogens is 2. The van der Waals surface area contributed by atoms with Gasteiger partial charge in [0.25, 0.3) is 5.56 Å². The van der Waals surface area contributed by atoms with E-state index in [2.05, 4.69) is 9.97 Å². The van der Waals surface area contributed by atoms with Gasteiger partial charge in [-0.1, -0.05) is 13.3 Å². The van der Waals surface area contributed by atoms with Crippen LogP contribution in [0.2, 0.25) is 0 Å². The first-order chi connectivity index (χ1) is 8.43. The number of halogens is 2. The number of alkyl halides is 2. The average Bonchev–Trinajstić information content (AvgIpc) is 2.64. The number of H-pyrrole nitrogens is 1. The molecule has 100 valence electrons. The van der Waals surface area contributed by atoms with Crippen LogP contribution in [0.1, 0.15) is 49.9 Å². The van der Waals surface area contributed by atoms with Crippen LogP contribution in [0.4, 0.5) is 14.6 Å². The van der Waals surface area contributed by atoms with Gasteiger partial charge in [0.2, 0.25) is 5.92 Å². The molecule has 0 radical (unpaired) electrons. The van der Waals surface area contributed by atoms with E-state index in [1.807, 2.05) is 6.92 Å². The summed E-state index contributed by atoms with van der Waals surface area (Å²) in [4.78, 5) is 18.5. The van der Waals surface area contributed by atoms with Crippen LogP contribution in [-0.2, 0) is 6.42 Å². The molecule has 4 nitrogen and oxygen atoms in total. The van der Waals surface area contributed by atoms with Crippen molar-refractivity contribution in [1.82, 2.24) is 9.97 Å². The van der Waals surface area contributed by atoms with Crippen LogP contribution in [0, 0.1) is 0 Å². The van der Waals surface area contributed by atoms with Crippen molar-refractivity contribution in [2.75, 3.05) is 5.73 Å². The summed E-state index contributed by atoms with van der Waals surface area (Å²) in [5.74, 6) is -2.58. The topological polar surface area (TPSA) is 71.8 Å². The van der Waals surface area contributed by atoms with E-state index < -0.39 is 11.8 Å². The monoisotopic (exact) mass is 257 g/mol. The van der Waals surface area contributed by atoms with Crippen LogP contribution in [0.3, 0.4) is 0 Å². The smallest absolute Gasteiger partial charge is 0.256 e. The molecule has 1 aliphatic carbocycles. The molecule has 2 rings (SSSR count). The second-order valence-corrected chi connectivity index (χ2v) is 4.86. The Morgan fingerprint density at radius 2 is 2.28 bits per heavy atom. The Morgan fingerprint density at radius 3 is 2.78 bits per heavy atom. The lowest BCUT2D eigenvalue weighted by atomic mass is 10.1. The summed E-state index contributed by atoms with van der Waals surface area (Å²) in [5.41, 5.74) is 5.88. The zero-order valence-electron chi connectivity index (χ0n) is 10.3. The second kappa shape index (κ2) is 4.66. The van der Waals surface area contributed by atoms with Crippen LogP contribution in [0.5, 0.6) is 0 Å². The molecular formula is C12H17F2N3O. The minimum Gasteiger partial charge on any atom is -0.383 e. The summed E-state index contributed by atoms with van der Waals surface area (Å²) in [6.07, 6.45) is 1.26. The predicted octanol–water partition coefficient (Wildman–Crippen LogP) is 2.21. The molecule has 1 unspecified atom stereocenters. The maximum atomic E-state index is 13.1. The molecule has 18 heavy (non-hydrogen) atoms. The summed E-state index contributed by atoms with van der Waals surface area (Å²) in [6, 6.07) is 0. The maximum Gasteiger partial charge on any atom is 0.256 e. The van der Waals surface area contributed by atoms with Gasteiger partial charge in [-0.05, 0) is 12.8 Å². The van der Waals surface area contributed by atoms with E-state index in [1.165, 1.54) is 0 Å². The van der Waals surface area contributed by atoms with Crippen molar-refractivity contribution < 1.29 is 8.78 Å². The highest BCUT2D eigenvalue weighted by Crippen LogP contribution is 2.43. The van der Waals surface area contributed by atoms with Crippen molar-refractivity contribution in [1.29, 1.82) is 0 Å². The minimum atomic E-state index is -2.65. The van der Waals surface area contributed by atoms with Crippen LogP contribution < -0.4 is 11.3 Å². The fourth-order valence-electron chi connectivity index (χ4n) is 2.40. The highest BCUT2D eigenvalue weighted by Gasteiger charge is 2.41. The Labute approximate surface area is 104 Å². The summed E-state index contributed by atoms with van der Waals surface area (Å²) in [5, 5.41) is 0. The third-order valence-corrected chi connectivity index (χ3v) is 3.36. The van der Waals surface area contributed by atoms with Gasteiger partial charge >= 0.3 is 0 Å². The molecular weight excluding hydrogens is 240 g/mol. The third-order valence-electron chi connectivity index (χ3n) is 3.36. The molecule has 0 spiro atoms. The van der Waals surface area contributed by atoms with E-state index >= 15 is 0 Å². The van der Waals surface area contributed by atoms with Crippen molar-refractivity contribution in [3.8, 4) is 0 Å². The van der Waals surface area contributed by atoms with Crippen molar-refractivity contribution in [2.45, 2.75) is 50.9 Å². The number of aromatic amines is 1. The van der Waals surface area contributed by atoms with Crippen LogP contribution in [0.25, 0.3) is 0 Å². The van der Waals surface area contributed by atoms with Gasteiger partial charge in [0.1, 0.15) is 11.6 Å². The quantitative estimate of drug-likeness (QED) is 0.872. The Morgan fingerprint density at radius 1 is 1.56 bits per heavy atom. The van der Waals surface area contributed by atoms with Crippen molar-refractivity contribution >= 4 is 5.82 Å². The van der Waals surface area contributed by atoms with E-state index in [-0.39, 0.29) is 24.2 Å². The van der Waals surface area contributed by atoms with E-state index in [1.54, 1.807) is 0 Å². The van der Waals surface area contributed by atoms with Gasteiger partial charge in [-0.3, -0.25) is 4.79 Å². The van der Waals surface area contributed by atoms with Gasteiger partial charge in [0, 0.05) is 18.8 Å². The number of hydrogen-bond acceptors (Lipinski definition) is 3. The van der Waals surface area contributed by atoms with Crippen LogP contribution in [-0.4, -0.2) is 15.9 Å². The molecule has 1 saturated carbocycles. The van der Waals surface area contributed by atoms with E-state index in [4.69, 9.17) is 5.73 Å². The van der Waals surface area contributed by atoms with Gasteiger partial charge in [0.05, 0.1) is 5.56 Å². The summed E-state index contributed by atoms with van der Waals surface area (Å²) in [7, 11) is 0. The normalized spacial score (nSPS) is 22.3. The number of nitrogen functional groups attached to an aromatic ring is 1. The second-order valence-electron chi connectivity index (χ2n) is 4.86. The first-order valence-corrected chi connectivity index (χ1v) is 6.19. The summed E-state index contributed by atoms with van der Waals surface area (Å²) in [6.45, 7) is 1.93. The largest absolute Gasteiger partial charge is 0.383 e. The number of anilines is 1. The van der Waals surface area contributed by atoms with E-state index in [0.29, 0.717) is 24.2 Å². The molecule has 6 heteroatoms. The van der Waals surface area contributed by atoms with Gasteiger partial charge < -0.3 is 10.7 Å². The molecule has 3 N–H and O–H groups in total. The Bertz CT molecular complexity index is 499. The SMILES string of the molecule is CCCc1c(N)nc(C2CCC(F)(F)C2)[nH]c1=O.